The molecular weight excluding hydrogens is 228 g/mol. The quantitative estimate of drug-likeness (QED) is 0.840. The van der Waals surface area contributed by atoms with Gasteiger partial charge in [0.1, 0.15) is 0 Å². The Morgan fingerprint density at radius 1 is 1.11 bits per heavy atom. The van der Waals surface area contributed by atoms with E-state index >= 15 is 0 Å². The summed E-state index contributed by atoms with van der Waals surface area (Å²) in [7, 11) is 0. The fourth-order valence-electron chi connectivity index (χ4n) is 3.78. The number of rotatable bonds is 4. The summed E-state index contributed by atoms with van der Waals surface area (Å²) in [4.78, 5) is 0. The molecule has 1 heterocycles. The standard InChI is InChI=1S/C15H28O3/c1-5-15(6-2)13(16)9-14(15)18-12-7-10(3)17-11(4)8-12/h10-14,16H,5-9H2,1-4H3. The first-order chi connectivity index (χ1) is 8.51. The molecule has 0 aromatic rings. The summed E-state index contributed by atoms with van der Waals surface area (Å²) in [5.74, 6) is 0. The molecule has 18 heavy (non-hydrogen) atoms. The summed E-state index contributed by atoms with van der Waals surface area (Å²) in [6.45, 7) is 8.57. The molecule has 0 radical (unpaired) electrons. The Morgan fingerprint density at radius 2 is 1.67 bits per heavy atom. The van der Waals surface area contributed by atoms with Gasteiger partial charge in [0, 0.05) is 11.8 Å². The molecule has 4 unspecified atom stereocenters. The van der Waals surface area contributed by atoms with Crippen LogP contribution in [0, 0.1) is 5.41 Å². The van der Waals surface area contributed by atoms with Gasteiger partial charge in [-0.2, -0.15) is 0 Å². The first kappa shape index (κ1) is 14.3. The van der Waals surface area contributed by atoms with Gasteiger partial charge in [0.25, 0.3) is 0 Å². The highest BCUT2D eigenvalue weighted by molar-refractivity contribution is 5.03. The van der Waals surface area contributed by atoms with E-state index in [1.165, 1.54) is 0 Å². The van der Waals surface area contributed by atoms with Gasteiger partial charge in [-0.3, -0.25) is 0 Å². The Balaban J connectivity index is 1.93. The second kappa shape index (κ2) is 5.48. The number of aliphatic hydroxyl groups is 1. The topological polar surface area (TPSA) is 38.7 Å². The van der Waals surface area contributed by atoms with E-state index in [2.05, 4.69) is 27.7 Å². The summed E-state index contributed by atoms with van der Waals surface area (Å²) in [6, 6.07) is 0. The van der Waals surface area contributed by atoms with Crippen LogP contribution in [0.15, 0.2) is 0 Å². The molecule has 1 saturated carbocycles. The van der Waals surface area contributed by atoms with E-state index in [1.807, 2.05) is 0 Å². The molecule has 2 rings (SSSR count). The molecule has 3 heteroatoms. The van der Waals surface area contributed by atoms with Crippen molar-refractivity contribution in [2.45, 2.75) is 90.3 Å². The molecule has 3 nitrogen and oxygen atoms in total. The number of hydrogen-bond acceptors (Lipinski definition) is 3. The predicted octanol–water partition coefficient (Wildman–Crippen LogP) is 2.90. The zero-order valence-electron chi connectivity index (χ0n) is 12.2. The summed E-state index contributed by atoms with van der Waals surface area (Å²) in [5.41, 5.74) is 0.00474. The third-order valence-electron chi connectivity index (χ3n) is 5.07. The van der Waals surface area contributed by atoms with Crippen LogP contribution < -0.4 is 0 Å². The molecule has 0 aromatic carbocycles. The van der Waals surface area contributed by atoms with E-state index in [1.54, 1.807) is 0 Å². The number of aliphatic hydroxyl groups excluding tert-OH is 1. The molecule has 1 aliphatic carbocycles. The van der Waals surface area contributed by atoms with E-state index in [4.69, 9.17) is 9.47 Å². The maximum atomic E-state index is 10.1. The van der Waals surface area contributed by atoms with Crippen LogP contribution in [0.25, 0.3) is 0 Å². The minimum Gasteiger partial charge on any atom is -0.392 e. The van der Waals surface area contributed by atoms with Crippen LogP contribution in [0.5, 0.6) is 0 Å². The zero-order valence-corrected chi connectivity index (χ0v) is 12.2. The first-order valence-electron chi connectivity index (χ1n) is 7.50. The van der Waals surface area contributed by atoms with E-state index in [-0.39, 0.29) is 17.6 Å². The Labute approximate surface area is 111 Å². The molecule has 0 aromatic heterocycles. The monoisotopic (exact) mass is 256 g/mol. The highest BCUT2D eigenvalue weighted by Crippen LogP contribution is 2.49. The smallest absolute Gasteiger partial charge is 0.0684 e. The second-order valence-corrected chi connectivity index (χ2v) is 6.17. The van der Waals surface area contributed by atoms with Gasteiger partial charge in [-0.25, -0.2) is 0 Å². The average Bonchev–Trinajstić information content (AvgIpc) is 2.29. The average molecular weight is 256 g/mol. The molecule has 106 valence electrons. The number of ether oxygens (including phenoxy) is 2. The first-order valence-corrected chi connectivity index (χ1v) is 7.50. The lowest BCUT2D eigenvalue weighted by Crippen LogP contribution is -2.59. The van der Waals surface area contributed by atoms with Crippen molar-refractivity contribution in [2.75, 3.05) is 0 Å². The number of hydrogen-bond donors (Lipinski definition) is 1. The van der Waals surface area contributed by atoms with Gasteiger partial charge in [0.2, 0.25) is 0 Å². The highest BCUT2D eigenvalue weighted by Gasteiger charge is 2.53. The molecule has 0 bridgehead atoms. The van der Waals surface area contributed by atoms with Gasteiger partial charge in [0.15, 0.2) is 0 Å². The highest BCUT2D eigenvalue weighted by atomic mass is 16.5. The van der Waals surface area contributed by atoms with E-state index in [0.29, 0.717) is 18.3 Å². The zero-order chi connectivity index (χ0) is 13.3. The van der Waals surface area contributed by atoms with Crippen LogP contribution in [0.1, 0.15) is 59.8 Å². The van der Waals surface area contributed by atoms with Crippen molar-refractivity contribution in [3.8, 4) is 0 Å². The summed E-state index contributed by atoms with van der Waals surface area (Å²) in [5, 5.41) is 10.1. The molecule has 0 spiro atoms. The van der Waals surface area contributed by atoms with Crippen LogP contribution in [0.2, 0.25) is 0 Å². The molecular formula is C15H28O3. The van der Waals surface area contributed by atoms with Crippen molar-refractivity contribution in [3.05, 3.63) is 0 Å². The molecule has 1 saturated heterocycles. The van der Waals surface area contributed by atoms with Gasteiger partial charge in [-0.1, -0.05) is 13.8 Å². The lowest BCUT2D eigenvalue weighted by Gasteiger charge is -2.54. The van der Waals surface area contributed by atoms with E-state index < -0.39 is 0 Å². The largest absolute Gasteiger partial charge is 0.392 e. The van der Waals surface area contributed by atoms with Crippen molar-refractivity contribution < 1.29 is 14.6 Å². The van der Waals surface area contributed by atoms with Crippen LogP contribution in [0.4, 0.5) is 0 Å². The maximum absolute atomic E-state index is 10.1. The Hall–Kier alpha value is -0.120. The molecule has 2 fully saturated rings. The Kier molecular flexibility index (Phi) is 4.35. The van der Waals surface area contributed by atoms with Crippen LogP contribution in [0.3, 0.4) is 0 Å². The van der Waals surface area contributed by atoms with Crippen molar-refractivity contribution >= 4 is 0 Å². The van der Waals surface area contributed by atoms with Gasteiger partial charge in [0.05, 0.1) is 30.5 Å². The molecule has 1 aliphatic heterocycles. The third kappa shape index (κ3) is 2.45. The molecule has 0 amide bonds. The molecule has 1 N–H and O–H groups in total. The van der Waals surface area contributed by atoms with Gasteiger partial charge in [-0.15, -0.1) is 0 Å². The van der Waals surface area contributed by atoms with Crippen molar-refractivity contribution in [2.24, 2.45) is 5.41 Å². The van der Waals surface area contributed by atoms with Crippen molar-refractivity contribution in [1.29, 1.82) is 0 Å². The fourth-order valence-corrected chi connectivity index (χ4v) is 3.78. The third-order valence-corrected chi connectivity index (χ3v) is 5.07. The minimum atomic E-state index is -0.174. The minimum absolute atomic E-state index is 0.00474. The van der Waals surface area contributed by atoms with Gasteiger partial charge < -0.3 is 14.6 Å². The lowest BCUT2D eigenvalue weighted by atomic mass is 9.60. The lowest BCUT2D eigenvalue weighted by molar-refractivity contribution is -0.230. The normalized spacial score (nSPS) is 43.5. The summed E-state index contributed by atoms with van der Waals surface area (Å²) >= 11 is 0. The molecule has 4 atom stereocenters. The fraction of sp³-hybridized carbons (Fsp3) is 1.00. The Bertz CT molecular complexity index is 265. The second-order valence-electron chi connectivity index (χ2n) is 6.17. The summed E-state index contributed by atoms with van der Waals surface area (Å²) in [6.07, 6.45) is 5.74. The summed E-state index contributed by atoms with van der Waals surface area (Å²) < 4.78 is 12.0. The predicted molar refractivity (Wildman–Crippen MR) is 71.5 cm³/mol. The van der Waals surface area contributed by atoms with Gasteiger partial charge in [-0.05, 0) is 39.5 Å². The SMILES string of the molecule is CCC1(CC)C(O)CC1OC1CC(C)OC(C)C1. The van der Waals surface area contributed by atoms with Gasteiger partial charge >= 0.3 is 0 Å². The Morgan fingerprint density at radius 3 is 2.11 bits per heavy atom. The molecule has 2 aliphatic rings. The van der Waals surface area contributed by atoms with Crippen LogP contribution >= 0.6 is 0 Å². The van der Waals surface area contributed by atoms with E-state index in [0.717, 1.165) is 32.1 Å². The maximum Gasteiger partial charge on any atom is 0.0684 e. The van der Waals surface area contributed by atoms with E-state index in [9.17, 15) is 5.11 Å². The van der Waals surface area contributed by atoms with Crippen LogP contribution in [-0.4, -0.2) is 35.6 Å². The van der Waals surface area contributed by atoms with Crippen LogP contribution in [-0.2, 0) is 9.47 Å². The van der Waals surface area contributed by atoms with Crippen molar-refractivity contribution in [1.82, 2.24) is 0 Å². The van der Waals surface area contributed by atoms with Crippen molar-refractivity contribution in [3.63, 3.8) is 0 Å².